The van der Waals surface area contributed by atoms with E-state index in [9.17, 15) is 0 Å². The van der Waals surface area contributed by atoms with Gasteiger partial charge < -0.3 is 15.2 Å². The molecule has 5 heteroatoms. The van der Waals surface area contributed by atoms with Crippen LogP contribution < -0.4 is 5.73 Å². The molecule has 1 heterocycles. The largest absolute Gasteiger partial charge is 0.463 e. The second-order valence-corrected chi connectivity index (χ2v) is 3.60. The molecule has 1 radical (unpaired) electrons. The minimum Gasteiger partial charge on any atom is -0.463 e. The average Bonchev–Trinajstić information content (AvgIpc) is 2.54. The fourth-order valence-electron chi connectivity index (χ4n) is 1.19. The first-order chi connectivity index (χ1) is 6.53. The van der Waals surface area contributed by atoms with Crippen LogP contribution in [0.4, 0.5) is 0 Å². The molecule has 4 nitrogen and oxygen atoms in total. The Kier molecular flexibility index (Phi) is 10.0. The van der Waals surface area contributed by atoms with Crippen LogP contribution in [0.5, 0.6) is 0 Å². The molecule has 0 aliphatic carbocycles. The number of nitrogens with zero attached hydrogens (tertiary/aromatic N) is 1. The Morgan fingerprint density at radius 2 is 2.07 bits per heavy atom. The van der Waals surface area contributed by atoms with E-state index in [0.717, 1.165) is 6.42 Å². The SMILES string of the molecule is CC.COC(C)(C)CC1COC(N)=N1.[Y]. The standard InChI is InChI=1S/C8H16N2O2.C2H6.Y/c1-8(2,11-3)4-6-5-12-7(9)10-6;1-2;/h6H,4-5H2,1-3H3,(H2,9,10);1-2H3;. The van der Waals surface area contributed by atoms with Crippen molar-refractivity contribution < 1.29 is 42.2 Å². The van der Waals surface area contributed by atoms with Gasteiger partial charge in [0, 0.05) is 46.2 Å². The molecule has 0 aromatic heterocycles. The number of hydrogen-bond acceptors (Lipinski definition) is 4. The van der Waals surface area contributed by atoms with Crippen LogP contribution in [0.15, 0.2) is 4.99 Å². The van der Waals surface area contributed by atoms with E-state index in [0.29, 0.717) is 12.6 Å². The first-order valence-electron chi connectivity index (χ1n) is 5.05. The van der Waals surface area contributed by atoms with Crippen LogP contribution in [0.2, 0.25) is 0 Å². The molecule has 0 saturated heterocycles. The Balaban J connectivity index is 0. The average molecular weight is 291 g/mol. The van der Waals surface area contributed by atoms with Crippen molar-refractivity contribution in [1.29, 1.82) is 0 Å². The summed E-state index contributed by atoms with van der Waals surface area (Å²) in [5.41, 5.74) is 5.22. The zero-order valence-electron chi connectivity index (χ0n) is 10.4. The number of ether oxygens (including phenoxy) is 2. The number of hydrogen-bond donors (Lipinski definition) is 1. The topological polar surface area (TPSA) is 56.8 Å². The molecule has 87 valence electrons. The molecule has 15 heavy (non-hydrogen) atoms. The third-order valence-electron chi connectivity index (χ3n) is 2.01. The van der Waals surface area contributed by atoms with Crippen molar-refractivity contribution in [2.24, 2.45) is 10.7 Å². The van der Waals surface area contributed by atoms with Gasteiger partial charge in [-0.1, -0.05) is 13.8 Å². The van der Waals surface area contributed by atoms with Gasteiger partial charge in [-0.25, -0.2) is 4.99 Å². The van der Waals surface area contributed by atoms with Crippen LogP contribution in [-0.4, -0.2) is 31.4 Å². The van der Waals surface area contributed by atoms with E-state index >= 15 is 0 Å². The van der Waals surface area contributed by atoms with Crippen molar-refractivity contribution in [3.05, 3.63) is 0 Å². The molecule has 0 fully saturated rings. The summed E-state index contributed by atoms with van der Waals surface area (Å²) in [6.07, 6.45) is 0.838. The molecule has 0 spiro atoms. The zero-order valence-corrected chi connectivity index (χ0v) is 13.2. The van der Waals surface area contributed by atoms with Crippen molar-refractivity contribution in [2.75, 3.05) is 13.7 Å². The second kappa shape index (κ2) is 8.48. The maximum atomic E-state index is 5.37. The molecule has 1 rings (SSSR count). The Bertz CT molecular complexity index is 196. The Morgan fingerprint density at radius 3 is 2.40 bits per heavy atom. The van der Waals surface area contributed by atoms with E-state index < -0.39 is 0 Å². The number of aliphatic imine (C=N–C) groups is 1. The maximum absolute atomic E-state index is 5.37. The monoisotopic (exact) mass is 291 g/mol. The first-order valence-corrected chi connectivity index (χ1v) is 5.05. The normalized spacial score (nSPS) is 19.3. The van der Waals surface area contributed by atoms with Gasteiger partial charge >= 0.3 is 0 Å². The summed E-state index contributed by atoms with van der Waals surface area (Å²) in [6, 6.07) is 0.451. The van der Waals surface area contributed by atoms with Gasteiger partial charge in [0.2, 0.25) is 0 Å². The quantitative estimate of drug-likeness (QED) is 0.858. The molecule has 0 amide bonds. The second-order valence-electron chi connectivity index (χ2n) is 3.60. The molecule has 1 unspecified atom stereocenters. The van der Waals surface area contributed by atoms with Crippen molar-refractivity contribution in [2.45, 2.75) is 45.8 Å². The van der Waals surface area contributed by atoms with Gasteiger partial charge in [0.15, 0.2) is 0 Å². The minimum atomic E-state index is -0.151. The molecule has 1 atom stereocenters. The van der Waals surface area contributed by atoms with Gasteiger partial charge in [-0.3, -0.25) is 0 Å². The number of methoxy groups -OCH3 is 1. The molecule has 0 saturated carbocycles. The van der Waals surface area contributed by atoms with Gasteiger partial charge in [0.25, 0.3) is 6.02 Å². The predicted molar refractivity (Wildman–Crippen MR) is 58.4 cm³/mol. The Morgan fingerprint density at radius 1 is 1.53 bits per heavy atom. The van der Waals surface area contributed by atoms with Gasteiger partial charge in [-0.05, 0) is 13.8 Å². The van der Waals surface area contributed by atoms with Crippen molar-refractivity contribution in [1.82, 2.24) is 0 Å². The molecule has 1 aliphatic rings. The summed E-state index contributed by atoms with van der Waals surface area (Å²) in [5.74, 6) is 0. The molecule has 2 N–H and O–H groups in total. The summed E-state index contributed by atoms with van der Waals surface area (Å²) in [6.45, 7) is 8.63. The number of nitrogens with two attached hydrogens (primary N) is 1. The third kappa shape index (κ3) is 7.26. The third-order valence-corrected chi connectivity index (χ3v) is 2.01. The van der Waals surface area contributed by atoms with E-state index in [1.807, 2.05) is 27.7 Å². The van der Waals surface area contributed by atoms with Crippen LogP contribution in [0.25, 0.3) is 0 Å². The molecule has 1 aliphatic heterocycles. The fourth-order valence-corrected chi connectivity index (χ4v) is 1.19. The number of amidine groups is 1. The van der Waals surface area contributed by atoms with E-state index in [1.165, 1.54) is 0 Å². The summed E-state index contributed by atoms with van der Waals surface area (Å²) < 4.78 is 10.3. The van der Waals surface area contributed by atoms with E-state index in [1.54, 1.807) is 7.11 Å². The number of rotatable bonds is 3. The predicted octanol–water partition coefficient (Wildman–Crippen LogP) is 1.54. The molecule has 0 aromatic carbocycles. The first kappa shape index (κ1) is 17.7. The van der Waals surface area contributed by atoms with Crippen molar-refractivity contribution in [3.63, 3.8) is 0 Å². The Labute approximate surface area is 118 Å². The van der Waals surface area contributed by atoms with Crippen molar-refractivity contribution in [3.8, 4) is 0 Å². The van der Waals surface area contributed by atoms with E-state index in [-0.39, 0.29) is 44.4 Å². The van der Waals surface area contributed by atoms with Gasteiger partial charge in [0.05, 0.1) is 11.6 Å². The summed E-state index contributed by atoms with van der Waals surface area (Å²) in [7, 11) is 1.70. The van der Waals surface area contributed by atoms with Crippen molar-refractivity contribution >= 4 is 6.02 Å². The van der Waals surface area contributed by atoms with E-state index in [4.69, 9.17) is 15.2 Å². The van der Waals surface area contributed by atoms with Gasteiger partial charge in [0.1, 0.15) is 6.61 Å². The molecular formula is C10H22N2O2Y. The van der Waals surface area contributed by atoms with E-state index in [2.05, 4.69) is 4.99 Å². The maximum Gasteiger partial charge on any atom is 0.282 e. The van der Waals surface area contributed by atoms with Gasteiger partial charge in [-0.2, -0.15) is 0 Å². The summed E-state index contributed by atoms with van der Waals surface area (Å²) in [5, 5.41) is 0. The fraction of sp³-hybridized carbons (Fsp3) is 0.900. The zero-order chi connectivity index (χ0) is 11.2. The van der Waals surface area contributed by atoms with Crippen LogP contribution in [0, 0.1) is 0 Å². The minimum absolute atomic E-state index is 0. The summed E-state index contributed by atoms with van der Waals surface area (Å²) in [4.78, 5) is 4.11. The van der Waals surface area contributed by atoms with Crippen LogP contribution in [-0.2, 0) is 42.2 Å². The Hall–Kier alpha value is 0.334. The molecule has 0 bridgehead atoms. The summed E-state index contributed by atoms with van der Waals surface area (Å²) >= 11 is 0. The molecule has 0 aromatic rings. The van der Waals surface area contributed by atoms with Crippen LogP contribution in [0.1, 0.15) is 34.1 Å². The molecular weight excluding hydrogens is 269 g/mol. The van der Waals surface area contributed by atoms with Crippen LogP contribution in [0.3, 0.4) is 0 Å². The van der Waals surface area contributed by atoms with Crippen LogP contribution >= 0.6 is 0 Å². The van der Waals surface area contributed by atoms with Gasteiger partial charge in [-0.15, -0.1) is 0 Å². The smallest absolute Gasteiger partial charge is 0.282 e.